The average molecular weight is 315 g/mol. The Labute approximate surface area is 125 Å². The molecule has 2 amide bonds. The first kappa shape index (κ1) is 15.1. The smallest absolute Gasteiger partial charge is 0.327 e. The largest absolute Gasteiger partial charge is 0.480 e. The summed E-state index contributed by atoms with van der Waals surface area (Å²) in [6, 6.07) is -1.15. The number of carboxylic acid groups (broad SMARTS) is 1. The first-order valence-corrected chi connectivity index (χ1v) is 8.36. The number of carbonyl (C=O) groups excluding carboxylic acids is 1. The van der Waals surface area contributed by atoms with Crippen molar-refractivity contribution in [3.8, 4) is 0 Å². The predicted octanol–water partition coefficient (Wildman–Crippen LogP) is 2.30. The zero-order valence-corrected chi connectivity index (χ0v) is 13.0. The lowest BCUT2D eigenvalue weighted by Gasteiger charge is -2.32. The van der Waals surface area contributed by atoms with Crippen LogP contribution < -0.4 is 5.32 Å². The number of amides is 2. The zero-order chi connectivity index (χ0) is 14.7. The molecule has 1 aromatic heterocycles. The fourth-order valence-electron chi connectivity index (χ4n) is 1.82. The number of hydrogen-bond donors (Lipinski definition) is 2. The molecule has 1 atom stereocenters. The van der Waals surface area contributed by atoms with Crippen LogP contribution >= 0.6 is 23.1 Å². The molecule has 1 aliphatic heterocycles. The number of anilines is 1. The van der Waals surface area contributed by atoms with E-state index in [1.807, 2.05) is 19.2 Å². The second kappa shape index (κ2) is 6.45. The molecule has 8 heteroatoms. The van der Waals surface area contributed by atoms with Crippen LogP contribution in [0.15, 0.2) is 5.38 Å². The summed E-state index contributed by atoms with van der Waals surface area (Å²) in [6.45, 7) is 4.50. The number of nitrogens with one attached hydrogen (secondary N) is 1. The van der Waals surface area contributed by atoms with Gasteiger partial charge >= 0.3 is 12.0 Å². The van der Waals surface area contributed by atoms with Gasteiger partial charge in [0.2, 0.25) is 0 Å². The summed E-state index contributed by atoms with van der Waals surface area (Å²) in [5.74, 6) is 0.522. The number of rotatable bonds is 3. The van der Waals surface area contributed by atoms with E-state index in [0.29, 0.717) is 23.3 Å². The fourth-order valence-corrected chi connectivity index (χ4v) is 3.72. The maximum absolute atomic E-state index is 12.2. The third kappa shape index (κ3) is 3.43. The Morgan fingerprint density at radius 3 is 2.90 bits per heavy atom. The molecular weight excluding hydrogens is 298 g/mol. The summed E-state index contributed by atoms with van der Waals surface area (Å²) in [5, 5.41) is 14.3. The van der Waals surface area contributed by atoms with Gasteiger partial charge in [-0.1, -0.05) is 13.8 Å². The van der Waals surface area contributed by atoms with Crippen LogP contribution in [0.4, 0.5) is 9.93 Å². The lowest BCUT2D eigenvalue weighted by atomic mass is 10.2. The van der Waals surface area contributed by atoms with E-state index in [9.17, 15) is 9.59 Å². The van der Waals surface area contributed by atoms with Crippen molar-refractivity contribution in [2.45, 2.75) is 25.8 Å². The van der Waals surface area contributed by atoms with Gasteiger partial charge in [-0.15, -0.1) is 11.3 Å². The van der Waals surface area contributed by atoms with E-state index < -0.39 is 12.0 Å². The van der Waals surface area contributed by atoms with Crippen LogP contribution in [0.3, 0.4) is 0 Å². The SMILES string of the molecule is CC(C)c1csc(NC(=O)N2CCSCC2C(=O)O)n1. The molecular formula is C12H17N3O3S2. The van der Waals surface area contributed by atoms with Crippen LogP contribution in [0.25, 0.3) is 0 Å². The molecule has 0 radical (unpaired) electrons. The van der Waals surface area contributed by atoms with Gasteiger partial charge in [0.15, 0.2) is 5.13 Å². The zero-order valence-electron chi connectivity index (χ0n) is 11.3. The van der Waals surface area contributed by atoms with Gasteiger partial charge in [0.05, 0.1) is 5.69 Å². The maximum Gasteiger partial charge on any atom is 0.327 e. The van der Waals surface area contributed by atoms with Gasteiger partial charge in [0.1, 0.15) is 6.04 Å². The second-order valence-electron chi connectivity index (χ2n) is 4.78. The van der Waals surface area contributed by atoms with Gasteiger partial charge in [-0.2, -0.15) is 11.8 Å². The number of carbonyl (C=O) groups is 2. The Kier molecular flexibility index (Phi) is 4.87. The van der Waals surface area contributed by atoms with Gasteiger partial charge in [0, 0.05) is 23.4 Å². The summed E-state index contributed by atoms with van der Waals surface area (Å²) in [6.07, 6.45) is 0. The standard InChI is InChI=1S/C12H17N3O3S2/c1-7(2)8-5-20-11(13-8)14-12(18)15-3-4-19-6-9(15)10(16)17/h5,7,9H,3-4,6H2,1-2H3,(H,16,17)(H,13,14,18). The highest BCUT2D eigenvalue weighted by atomic mass is 32.2. The van der Waals surface area contributed by atoms with Gasteiger partial charge in [-0.25, -0.2) is 14.6 Å². The fraction of sp³-hybridized carbons (Fsp3) is 0.583. The number of hydrogen-bond acceptors (Lipinski definition) is 5. The molecule has 1 unspecified atom stereocenters. The van der Waals surface area contributed by atoms with E-state index in [1.54, 1.807) is 11.8 Å². The van der Waals surface area contributed by atoms with Crippen LogP contribution in [-0.2, 0) is 4.79 Å². The molecule has 0 bridgehead atoms. The number of thiazole rings is 1. The minimum Gasteiger partial charge on any atom is -0.480 e. The van der Waals surface area contributed by atoms with E-state index >= 15 is 0 Å². The number of nitrogens with zero attached hydrogens (tertiary/aromatic N) is 2. The third-order valence-corrected chi connectivity index (χ3v) is 4.80. The van der Waals surface area contributed by atoms with Crippen molar-refractivity contribution < 1.29 is 14.7 Å². The van der Waals surface area contributed by atoms with Crippen LogP contribution in [0.1, 0.15) is 25.5 Å². The van der Waals surface area contributed by atoms with Gasteiger partial charge < -0.3 is 10.0 Å². The summed E-state index contributed by atoms with van der Waals surface area (Å²) >= 11 is 2.91. The normalized spacial score (nSPS) is 19.1. The molecule has 1 aliphatic rings. The Balaban J connectivity index is 2.04. The summed E-state index contributed by atoms with van der Waals surface area (Å²) in [5.41, 5.74) is 0.925. The lowest BCUT2D eigenvalue weighted by Crippen LogP contribution is -2.51. The first-order chi connectivity index (χ1) is 9.49. The van der Waals surface area contributed by atoms with Crippen molar-refractivity contribution in [3.63, 3.8) is 0 Å². The molecule has 1 fully saturated rings. The Hall–Kier alpha value is -1.28. The van der Waals surface area contributed by atoms with Gasteiger partial charge in [-0.05, 0) is 5.92 Å². The number of aromatic nitrogens is 1. The number of aliphatic carboxylic acids is 1. The summed E-state index contributed by atoms with van der Waals surface area (Å²) in [7, 11) is 0. The van der Waals surface area contributed by atoms with E-state index in [4.69, 9.17) is 5.11 Å². The molecule has 0 aromatic carbocycles. The monoisotopic (exact) mass is 315 g/mol. The highest BCUT2D eigenvalue weighted by Gasteiger charge is 2.32. The van der Waals surface area contributed by atoms with Crippen molar-refractivity contribution in [1.29, 1.82) is 0 Å². The highest BCUT2D eigenvalue weighted by Crippen LogP contribution is 2.23. The molecule has 6 nitrogen and oxygen atoms in total. The molecule has 110 valence electrons. The molecule has 2 heterocycles. The third-order valence-electron chi connectivity index (χ3n) is 3.00. The average Bonchev–Trinajstić information content (AvgIpc) is 2.87. The van der Waals surface area contributed by atoms with Gasteiger partial charge in [-0.3, -0.25) is 5.32 Å². The van der Waals surface area contributed by atoms with Crippen LogP contribution in [0.5, 0.6) is 0 Å². The van der Waals surface area contributed by atoms with Crippen molar-refractivity contribution >= 4 is 40.2 Å². The van der Waals surface area contributed by atoms with Crippen LogP contribution in [-0.4, -0.2) is 51.1 Å². The quantitative estimate of drug-likeness (QED) is 0.894. The number of carboxylic acids is 1. The number of thioether (sulfide) groups is 1. The summed E-state index contributed by atoms with van der Waals surface area (Å²) < 4.78 is 0. The molecule has 0 saturated carbocycles. The van der Waals surface area contributed by atoms with E-state index in [1.165, 1.54) is 16.2 Å². The highest BCUT2D eigenvalue weighted by molar-refractivity contribution is 7.99. The molecule has 1 aromatic rings. The van der Waals surface area contributed by atoms with Gasteiger partial charge in [0.25, 0.3) is 0 Å². The minimum atomic E-state index is -0.964. The lowest BCUT2D eigenvalue weighted by molar-refractivity contribution is -0.141. The topological polar surface area (TPSA) is 82.5 Å². The summed E-state index contributed by atoms with van der Waals surface area (Å²) in [4.78, 5) is 29.0. The molecule has 1 saturated heterocycles. The van der Waals surface area contributed by atoms with Crippen molar-refractivity contribution in [2.24, 2.45) is 0 Å². The van der Waals surface area contributed by atoms with E-state index in [0.717, 1.165) is 11.4 Å². The minimum absolute atomic E-state index is 0.301. The van der Waals surface area contributed by atoms with Crippen molar-refractivity contribution in [1.82, 2.24) is 9.88 Å². The Morgan fingerprint density at radius 2 is 2.30 bits per heavy atom. The van der Waals surface area contributed by atoms with Crippen molar-refractivity contribution in [2.75, 3.05) is 23.4 Å². The molecule has 2 rings (SSSR count). The first-order valence-electron chi connectivity index (χ1n) is 6.32. The molecule has 20 heavy (non-hydrogen) atoms. The Bertz CT molecular complexity index is 504. The molecule has 0 spiro atoms. The van der Waals surface area contributed by atoms with Crippen LogP contribution in [0.2, 0.25) is 0 Å². The second-order valence-corrected chi connectivity index (χ2v) is 6.79. The van der Waals surface area contributed by atoms with E-state index in [2.05, 4.69) is 10.3 Å². The predicted molar refractivity (Wildman–Crippen MR) is 80.7 cm³/mol. The molecule has 0 aliphatic carbocycles. The maximum atomic E-state index is 12.2. The van der Waals surface area contributed by atoms with Crippen LogP contribution in [0, 0.1) is 0 Å². The molecule has 2 N–H and O–H groups in total. The Morgan fingerprint density at radius 1 is 1.55 bits per heavy atom. The van der Waals surface area contributed by atoms with Crippen molar-refractivity contribution in [3.05, 3.63) is 11.1 Å². The number of urea groups is 1. The van der Waals surface area contributed by atoms with E-state index in [-0.39, 0.29) is 6.03 Å².